The Balaban J connectivity index is 1.25. The van der Waals surface area contributed by atoms with Gasteiger partial charge in [0.15, 0.2) is 5.13 Å². The number of carbonyl (C=O) groups excluding carboxylic acids is 2. The number of amides is 3. The van der Waals surface area contributed by atoms with E-state index in [2.05, 4.69) is 44.8 Å². The van der Waals surface area contributed by atoms with E-state index in [9.17, 15) is 9.59 Å². The highest BCUT2D eigenvalue weighted by molar-refractivity contribution is 7.99. The molecular formula is C21H27N5O2S2. The van der Waals surface area contributed by atoms with Crippen molar-refractivity contribution in [2.45, 2.75) is 19.4 Å². The quantitative estimate of drug-likeness (QED) is 0.739. The first kappa shape index (κ1) is 21.0. The van der Waals surface area contributed by atoms with E-state index in [1.165, 1.54) is 28.5 Å². The van der Waals surface area contributed by atoms with Crippen molar-refractivity contribution in [1.29, 1.82) is 0 Å². The molecule has 3 heterocycles. The molecule has 2 aromatic rings. The fourth-order valence-electron chi connectivity index (χ4n) is 3.80. The maximum atomic E-state index is 12.6. The lowest BCUT2D eigenvalue weighted by Gasteiger charge is -2.32. The van der Waals surface area contributed by atoms with E-state index in [-0.39, 0.29) is 17.9 Å². The highest BCUT2D eigenvalue weighted by atomic mass is 32.2. The summed E-state index contributed by atoms with van der Waals surface area (Å²) in [5.41, 5.74) is 2.32. The first-order chi connectivity index (χ1) is 14.7. The van der Waals surface area contributed by atoms with Gasteiger partial charge in [0, 0.05) is 61.5 Å². The summed E-state index contributed by atoms with van der Waals surface area (Å²) >= 11 is 3.40. The molecule has 0 spiro atoms. The number of thioether (sulfide) groups is 1. The van der Waals surface area contributed by atoms with Crippen LogP contribution in [0.5, 0.6) is 0 Å². The minimum atomic E-state index is -0.199. The Labute approximate surface area is 185 Å². The van der Waals surface area contributed by atoms with Crippen molar-refractivity contribution >= 4 is 45.9 Å². The monoisotopic (exact) mass is 445 g/mol. The number of hydrogen-bond acceptors (Lipinski definition) is 6. The van der Waals surface area contributed by atoms with Gasteiger partial charge in [-0.25, -0.2) is 9.78 Å². The zero-order chi connectivity index (χ0) is 20.8. The predicted octanol–water partition coefficient (Wildman–Crippen LogP) is 3.26. The molecule has 9 heteroatoms. The summed E-state index contributed by atoms with van der Waals surface area (Å²) in [5, 5.41) is 8.28. The van der Waals surface area contributed by atoms with Crippen LogP contribution in [0.4, 0.5) is 15.6 Å². The molecule has 1 unspecified atom stereocenters. The molecule has 0 bridgehead atoms. The summed E-state index contributed by atoms with van der Waals surface area (Å²) in [6.45, 7) is 3.79. The maximum absolute atomic E-state index is 12.6. The standard InChI is InChI=1S/C21H27N5O2S2/c27-19(24-20-22-7-11-30-20)17-2-1-8-26(15-17)21(28)23-14-16-3-5-18(6-4-16)25-9-12-29-13-10-25/h3-7,11,17H,1-2,8-10,12-15H2,(H,23,28)(H,22,24,27). The Morgan fingerprint density at radius 2 is 1.93 bits per heavy atom. The van der Waals surface area contributed by atoms with Crippen molar-refractivity contribution in [1.82, 2.24) is 15.2 Å². The zero-order valence-corrected chi connectivity index (χ0v) is 18.5. The predicted molar refractivity (Wildman–Crippen MR) is 123 cm³/mol. The van der Waals surface area contributed by atoms with Crippen LogP contribution in [0.15, 0.2) is 35.8 Å². The Morgan fingerprint density at radius 3 is 2.67 bits per heavy atom. The number of piperidine rings is 1. The van der Waals surface area contributed by atoms with Crippen molar-refractivity contribution in [2.75, 3.05) is 47.9 Å². The third kappa shape index (κ3) is 5.46. The molecule has 160 valence electrons. The second-order valence-electron chi connectivity index (χ2n) is 7.54. The fraction of sp³-hybridized carbons (Fsp3) is 0.476. The summed E-state index contributed by atoms with van der Waals surface area (Å²) in [4.78, 5) is 33.3. The normalized spacial score (nSPS) is 19.4. The summed E-state index contributed by atoms with van der Waals surface area (Å²) < 4.78 is 0. The van der Waals surface area contributed by atoms with E-state index in [1.807, 2.05) is 17.1 Å². The van der Waals surface area contributed by atoms with Gasteiger partial charge in [0.1, 0.15) is 0 Å². The van der Waals surface area contributed by atoms with Gasteiger partial charge in [-0.1, -0.05) is 12.1 Å². The molecule has 1 aromatic carbocycles. The molecule has 2 aliphatic heterocycles. The molecule has 1 aromatic heterocycles. The van der Waals surface area contributed by atoms with E-state index < -0.39 is 0 Å². The van der Waals surface area contributed by atoms with Gasteiger partial charge in [-0.05, 0) is 30.5 Å². The molecule has 4 rings (SSSR count). The van der Waals surface area contributed by atoms with E-state index in [1.54, 1.807) is 11.1 Å². The highest BCUT2D eigenvalue weighted by Crippen LogP contribution is 2.21. The molecule has 0 radical (unpaired) electrons. The van der Waals surface area contributed by atoms with E-state index in [0.29, 0.717) is 24.8 Å². The number of aromatic nitrogens is 1. The van der Waals surface area contributed by atoms with Crippen molar-refractivity contribution < 1.29 is 9.59 Å². The van der Waals surface area contributed by atoms with Gasteiger partial charge in [0.2, 0.25) is 5.91 Å². The molecule has 3 amide bonds. The van der Waals surface area contributed by atoms with Crippen LogP contribution in [0, 0.1) is 5.92 Å². The smallest absolute Gasteiger partial charge is 0.317 e. The largest absolute Gasteiger partial charge is 0.370 e. The molecule has 0 aliphatic carbocycles. The highest BCUT2D eigenvalue weighted by Gasteiger charge is 2.28. The molecular weight excluding hydrogens is 418 g/mol. The Bertz CT molecular complexity index is 838. The van der Waals surface area contributed by atoms with Gasteiger partial charge in [-0.2, -0.15) is 11.8 Å². The lowest BCUT2D eigenvalue weighted by molar-refractivity contribution is -0.121. The number of nitrogens with one attached hydrogen (secondary N) is 2. The fourth-order valence-corrected chi connectivity index (χ4v) is 5.24. The van der Waals surface area contributed by atoms with Crippen molar-refractivity contribution in [3.63, 3.8) is 0 Å². The van der Waals surface area contributed by atoms with Crippen molar-refractivity contribution in [2.24, 2.45) is 5.92 Å². The number of rotatable bonds is 5. The van der Waals surface area contributed by atoms with Crippen LogP contribution in [-0.2, 0) is 11.3 Å². The van der Waals surface area contributed by atoms with Crippen LogP contribution in [0.1, 0.15) is 18.4 Å². The molecule has 0 saturated carbocycles. The number of nitrogens with zero attached hydrogens (tertiary/aromatic N) is 3. The summed E-state index contributed by atoms with van der Waals surface area (Å²) in [5.74, 6) is 2.09. The zero-order valence-electron chi connectivity index (χ0n) is 16.9. The number of benzene rings is 1. The first-order valence-corrected chi connectivity index (χ1v) is 12.4. The van der Waals surface area contributed by atoms with E-state index in [0.717, 1.165) is 31.5 Å². The molecule has 2 aliphatic rings. The van der Waals surface area contributed by atoms with Crippen LogP contribution in [0.2, 0.25) is 0 Å². The van der Waals surface area contributed by atoms with Crippen LogP contribution in [-0.4, -0.2) is 59.5 Å². The van der Waals surface area contributed by atoms with Crippen molar-refractivity contribution in [3.8, 4) is 0 Å². The molecule has 2 fully saturated rings. The Kier molecular flexibility index (Phi) is 7.11. The van der Waals surface area contributed by atoms with Gasteiger partial charge in [-0.15, -0.1) is 11.3 Å². The Hall–Kier alpha value is -2.26. The summed E-state index contributed by atoms with van der Waals surface area (Å²) in [6.07, 6.45) is 3.28. The van der Waals surface area contributed by atoms with Gasteiger partial charge in [-0.3, -0.25) is 4.79 Å². The lowest BCUT2D eigenvalue weighted by atomic mass is 9.97. The number of urea groups is 1. The van der Waals surface area contributed by atoms with Gasteiger partial charge < -0.3 is 20.4 Å². The van der Waals surface area contributed by atoms with Crippen LogP contribution < -0.4 is 15.5 Å². The summed E-state index contributed by atoms with van der Waals surface area (Å²) in [6, 6.07) is 8.32. The minimum absolute atomic E-state index is 0.0610. The first-order valence-electron chi connectivity index (χ1n) is 10.3. The third-order valence-electron chi connectivity index (χ3n) is 5.50. The SMILES string of the molecule is O=C(Nc1nccs1)C1CCCN(C(=O)NCc2ccc(N3CCSCC3)cc2)C1. The van der Waals surface area contributed by atoms with Gasteiger partial charge >= 0.3 is 6.03 Å². The molecule has 7 nitrogen and oxygen atoms in total. The number of carbonyl (C=O) groups is 2. The number of likely N-dealkylation sites (tertiary alicyclic amines) is 1. The lowest BCUT2D eigenvalue weighted by Crippen LogP contribution is -2.47. The third-order valence-corrected chi connectivity index (χ3v) is 7.13. The number of hydrogen-bond donors (Lipinski definition) is 2. The second kappa shape index (κ2) is 10.2. The van der Waals surface area contributed by atoms with Crippen LogP contribution >= 0.6 is 23.1 Å². The number of anilines is 2. The average Bonchev–Trinajstić information content (AvgIpc) is 3.31. The van der Waals surface area contributed by atoms with E-state index in [4.69, 9.17) is 0 Å². The molecule has 1 atom stereocenters. The summed E-state index contributed by atoms with van der Waals surface area (Å²) in [7, 11) is 0. The molecule has 2 N–H and O–H groups in total. The van der Waals surface area contributed by atoms with Crippen molar-refractivity contribution in [3.05, 3.63) is 41.4 Å². The molecule has 30 heavy (non-hydrogen) atoms. The number of thiazole rings is 1. The second-order valence-corrected chi connectivity index (χ2v) is 9.66. The van der Waals surface area contributed by atoms with Gasteiger partial charge in [0.25, 0.3) is 0 Å². The molecule has 2 saturated heterocycles. The van der Waals surface area contributed by atoms with Crippen LogP contribution in [0.25, 0.3) is 0 Å². The van der Waals surface area contributed by atoms with Crippen LogP contribution in [0.3, 0.4) is 0 Å². The van der Waals surface area contributed by atoms with Gasteiger partial charge in [0.05, 0.1) is 5.92 Å². The topological polar surface area (TPSA) is 77.6 Å². The average molecular weight is 446 g/mol. The Morgan fingerprint density at radius 1 is 1.13 bits per heavy atom. The minimum Gasteiger partial charge on any atom is -0.370 e. The maximum Gasteiger partial charge on any atom is 0.317 e. The van der Waals surface area contributed by atoms with E-state index >= 15 is 0 Å².